The van der Waals surface area contributed by atoms with Gasteiger partial charge in [-0.25, -0.2) is 19.6 Å². The van der Waals surface area contributed by atoms with E-state index in [9.17, 15) is 9.59 Å². The molecule has 0 aromatic carbocycles. The molecule has 4 aromatic rings. The van der Waals surface area contributed by atoms with Crippen molar-refractivity contribution in [1.29, 1.82) is 0 Å². The maximum Gasteiger partial charge on any atom is 2.00 e. The number of rotatable bonds is 5. The first-order valence-corrected chi connectivity index (χ1v) is 28.0. The van der Waals surface area contributed by atoms with Crippen molar-refractivity contribution in [3.8, 4) is 12.0 Å². The minimum Gasteiger partial charge on any atom is 2.00 e. The maximum atomic E-state index is 10.5. The standard InChI is InChI=1S/C7H11N3O2.C5H5Cl2N3.C5H7N3O2.C3Cl3N3.C2H5Br.CH4.BBr3.2HI.Mg.V.2H/c1-4-5-8-6(11-2)10-7(9-5)12-3;1-2-3-8-4(6)10-5(7)9-3;1-2-3-6-4(9)8-5(10)7-3;4-1-7-2(5)9-3(6)8-1;1-2-3;;2-1(3)4;;;;;;/h4H2,1-3H3;2H2,1H3;2H2,1H3,(H2,6,7,8,9,10);;2H2,1H3;1H4;;2*1H;;;;/q;;;;;;;;;2*+2;2*-1/p-2. The molecular formula is C23H34BBr4Cl5I2MgN12O4V. The zero-order chi connectivity index (χ0) is 39.9. The fourth-order valence-electron chi connectivity index (χ4n) is 2.15. The van der Waals surface area contributed by atoms with Crippen molar-refractivity contribution in [3.63, 3.8) is 0 Å². The summed E-state index contributed by atoms with van der Waals surface area (Å²) in [6.45, 7) is 7.72. The van der Waals surface area contributed by atoms with Crippen LogP contribution in [-0.2, 0) is 28.7 Å². The Morgan fingerprint density at radius 2 is 0.962 bits per heavy atom. The van der Waals surface area contributed by atoms with E-state index >= 15 is 0 Å². The van der Waals surface area contributed by atoms with Gasteiger partial charge in [0.25, 0.3) is 0 Å². The number of aryl methyl sites for hydroxylation is 3. The second-order valence-electron chi connectivity index (χ2n) is 7.24. The molecule has 2 N–H and O–H groups in total. The van der Waals surface area contributed by atoms with Gasteiger partial charge in [-0.3, -0.25) is 9.97 Å². The Hall–Kier alpha value is 1.49. The molecule has 53 heavy (non-hydrogen) atoms. The Balaban J connectivity index is -0.000000101. The largest absolute Gasteiger partial charge is 2.00 e. The van der Waals surface area contributed by atoms with Crippen LogP contribution < -0.4 is 20.9 Å². The van der Waals surface area contributed by atoms with Crippen molar-refractivity contribution in [2.75, 3.05) is 19.5 Å². The molecule has 0 fully saturated rings. The maximum absolute atomic E-state index is 10.5. The number of aromatic nitrogens is 12. The predicted octanol–water partition coefficient (Wildman–Crippen LogP) is 8.85. The number of nitrogens with one attached hydrogen (secondary N) is 2. The van der Waals surface area contributed by atoms with Crippen LogP contribution in [-0.4, -0.2) is 106 Å². The zero-order valence-electron chi connectivity index (χ0n) is 29.8. The average Bonchev–Trinajstić information content (AvgIpc) is 3.04. The molecule has 0 amide bonds. The molecule has 16 nitrogen and oxygen atoms in total. The van der Waals surface area contributed by atoms with Gasteiger partial charge in [0.15, 0.2) is 0 Å². The summed E-state index contributed by atoms with van der Waals surface area (Å²) in [5.41, 5.74) is -1.10. The van der Waals surface area contributed by atoms with E-state index in [0.29, 0.717) is 51.8 Å². The molecule has 0 radical (unpaired) electrons. The monoisotopic (exact) mass is 1370 g/mol. The number of hydrogen-bond acceptors (Lipinski definition) is 14. The molecule has 0 spiro atoms. The van der Waals surface area contributed by atoms with Gasteiger partial charge in [0.2, 0.25) is 26.4 Å². The van der Waals surface area contributed by atoms with Gasteiger partial charge in [0.1, 0.15) is 17.5 Å². The number of alkyl halides is 1. The van der Waals surface area contributed by atoms with Gasteiger partial charge in [-0.2, -0.15) is 34.9 Å². The average molecular weight is 1380 g/mol. The first-order valence-electron chi connectivity index (χ1n) is 13.2. The van der Waals surface area contributed by atoms with Crippen LogP contribution in [0.15, 0.2) is 9.59 Å². The van der Waals surface area contributed by atoms with Gasteiger partial charge in [-0.05, 0) is 58.0 Å². The molecule has 0 atom stereocenters. The topological polar surface area (TPSA) is 213 Å². The first-order chi connectivity index (χ1) is 24.0. The van der Waals surface area contributed by atoms with E-state index in [2.05, 4.69) is 158 Å². The molecule has 0 saturated carbocycles. The van der Waals surface area contributed by atoms with E-state index < -0.39 is 11.4 Å². The van der Waals surface area contributed by atoms with Crippen LogP contribution in [0.1, 0.15) is 55.4 Å². The minimum absolute atomic E-state index is 0. The smallest absolute Gasteiger partial charge is 2.00 e. The molecule has 0 saturated heterocycles. The Bertz CT molecular complexity index is 1500. The number of halogens is 11. The molecule has 0 unspecified atom stereocenters. The molecular weight excluding hydrogens is 1350 g/mol. The van der Waals surface area contributed by atoms with Gasteiger partial charge in [-0.1, -0.05) is 51.1 Å². The van der Waals surface area contributed by atoms with Crippen molar-refractivity contribution in [3.05, 3.63) is 64.9 Å². The SMILES string of the molecule is BrB(Br)Br.C.CCBr.CCc1nc(=O)[nH]c(=O)[nH]1.CCc1nc(Cl)nc(Cl)n1.CCc1nc(OC)nc(OC)n1.Clc1nc(Cl)nc(Cl)n1.[H-].[H-].[I][V][I].[Mg+2]. The summed E-state index contributed by atoms with van der Waals surface area (Å²) >= 11 is 44.1. The quantitative estimate of drug-likeness (QED) is 0.109. The van der Waals surface area contributed by atoms with Crippen LogP contribution in [0.2, 0.25) is 26.4 Å². The number of methoxy groups -OCH3 is 2. The van der Waals surface area contributed by atoms with Gasteiger partial charge in [0.05, 0.1) is 14.2 Å². The van der Waals surface area contributed by atoms with Gasteiger partial charge < -0.3 is 12.3 Å². The fourth-order valence-corrected chi connectivity index (χ4v) is 3.16. The third-order valence-corrected chi connectivity index (χ3v) is 4.71. The molecule has 4 heterocycles. The third kappa shape index (κ3) is 40.1. The van der Waals surface area contributed by atoms with Crippen molar-refractivity contribution >= 4 is 187 Å². The summed E-state index contributed by atoms with van der Waals surface area (Å²) in [4.78, 5) is 62.3. The second kappa shape index (κ2) is 41.6. The molecule has 0 bridgehead atoms. The van der Waals surface area contributed by atoms with Crippen LogP contribution in [0.5, 0.6) is 12.0 Å². The van der Waals surface area contributed by atoms with Crippen LogP contribution in [0, 0.1) is 0 Å². The molecule has 0 aliphatic heterocycles. The number of hydrogen-bond donors (Lipinski definition) is 2. The Morgan fingerprint density at radius 1 is 0.660 bits per heavy atom. The van der Waals surface area contributed by atoms with E-state index in [1.165, 1.54) is 14.2 Å². The van der Waals surface area contributed by atoms with Crippen LogP contribution in [0.3, 0.4) is 0 Å². The van der Waals surface area contributed by atoms with Crippen LogP contribution in [0.4, 0.5) is 0 Å². The number of H-pyrrole nitrogens is 2. The minimum atomic E-state index is -0.597. The Kier molecular flexibility index (Phi) is 50.0. The number of aromatic amines is 2. The van der Waals surface area contributed by atoms with E-state index in [0.717, 1.165) is 11.8 Å². The fraction of sp³-hybridized carbons (Fsp3) is 0.478. The number of ether oxygens (including phenoxy) is 2. The first kappa shape index (κ1) is 63.6. The van der Waals surface area contributed by atoms with Crippen molar-refractivity contribution in [2.24, 2.45) is 0 Å². The van der Waals surface area contributed by atoms with Gasteiger partial charge in [0, 0.05) is 24.6 Å². The molecule has 0 aliphatic carbocycles. The summed E-state index contributed by atoms with van der Waals surface area (Å²) in [7, 11) is 3.64. The van der Waals surface area contributed by atoms with Crippen LogP contribution in [0.25, 0.3) is 0 Å². The van der Waals surface area contributed by atoms with E-state index in [1.807, 2.05) is 25.8 Å². The summed E-state index contributed by atoms with van der Waals surface area (Å²) in [5, 5.41) is 1.36. The van der Waals surface area contributed by atoms with Gasteiger partial charge in [-0.15, -0.1) is 52.3 Å². The number of nitrogens with zero attached hydrogens (tertiary/aromatic N) is 10. The molecule has 297 valence electrons. The van der Waals surface area contributed by atoms with Crippen molar-refractivity contribution in [2.45, 2.75) is 54.4 Å². The summed E-state index contributed by atoms with van der Waals surface area (Å²) in [5.74, 6) is 1.69. The van der Waals surface area contributed by atoms with E-state index in [4.69, 9.17) is 67.5 Å². The zero-order valence-corrected chi connectivity index (χ0v) is 45.1. The normalized spacial score (nSPS) is 8.62. The van der Waals surface area contributed by atoms with Crippen molar-refractivity contribution in [1.82, 2.24) is 59.8 Å². The second-order valence-corrected chi connectivity index (χ2v) is 28.3. The van der Waals surface area contributed by atoms with Crippen LogP contribution >= 0.6 is 161 Å². The van der Waals surface area contributed by atoms with Crippen molar-refractivity contribution < 1.29 is 21.8 Å². The molecule has 0 aliphatic rings. The molecule has 4 rings (SSSR count). The summed E-state index contributed by atoms with van der Waals surface area (Å²) in [6.07, 6.45) is 2.00. The Morgan fingerprint density at radius 3 is 1.23 bits per heavy atom. The molecule has 4 aromatic heterocycles. The van der Waals surface area contributed by atoms with Gasteiger partial charge >= 0.3 is 99.1 Å². The Labute approximate surface area is 414 Å². The molecule has 30 heteroatoms. The third-order valence-electron chi connectivity index (χ3n) is 3.87. The van der Waals surface area contributed by atoms with E-state index in [1.54, 1.807) is 6.92 Å². The van der Waals surface area contributed by atoms with E-state index in [-0.39, 0.29) is 62.9 Å². The summed E-state index contributed by atoms with van der Waals surface area (Å²) < 4.78 is 9.98. The summed E-state index contributed by atoms with van der Waals surface area (Å²) in [6, 6.07) is 0.581. The predicted molar refractivity (Wildman–Crippen MR) is 246 cm³/mol.